The molecule has 0 saturated carbocycles. The zero-order valence-electron chi connectivity index (χ0n) is 9.70. The summed E-state index contributed by atoms with van der Waals surface area (Å²) in [4.78, 5) is 2.58. The third-order valence-corrected chi connectivity index (χ3v) is 3.71. The average molecular weight is 218 g/mol. The first kappa shape index (κ1) is 9.97. The number of nitrogens with one attached hydrogen (secondary N) is 1. The summed E-state index contributed by atoms with van der Waals surface area (Å²) in [6, 6.07) is 7.04. The maximum atomic E-state index is 5.29. The molecule has 0 aliphatic carbocycles. The van der Waals surface area contributed by atoms with Crippen LogP contribution >= 0.6 is 0 Å². The van der Waals surface area contributed by atoms with Crippen molar-refractivity contribution in [3.8, 4) is 5.75 Å². The normalized spacial score (nSPS) is 24.2. The van der Waals surface area contributed by atoms with Gasteiger partial charge in [0.25, 0.3) is 0 Å². The Labute approximate surface area is 96.4 Å². The first-order valence-electron chi connectivity index (χ1n) is 6.01. The zero-order chi connectivity index (χ0) is 11.0. The van der Waals surface area contributed by atoms with Crippen LogP contribution in [0.5, 0.6) is 5.75 Å². The summed E-state index contributed by atoms with van der Waals surface area (Å²) in [6.07, 6.45) is 2.67. The highest BCUT2D eigenvalue weighted by Gasteiger charge is 2.27. The van der Waals surface area contributed by atoms with Crippen molar-refractivity contribution in [1.82, 2.24) is 4.90 Å². The first-order valence-corrected chi connectivity index (χ1v) is 6.01. The number of hydrogen-bond acceptors (Lipinski definition) is 3. The van der Waals surface area contributed by atoms with E-state index in [9.17, 15) is 0 Å². The Kier molecular flexibility index (Phi) is 2.48. The summed E-state index contributed by atoms with van der Waals surface area (Å²) < 4.78 is 5.29. The summed E-state index contributed by atoms with van der Waals surface area (Å²) in [7, 11) is 1.73. The van der Waals surface area contributed by atoms with Gasteiger partial charge in [-0.2, -0.15) is 0 Å². The maximum absolute atomic E-state index is 5.29. The van der Waals surface area contributed by atoms with Gasteiger partial charge in [0.2, 0.25) is 0 Å². The van der Waals surface area contributed by atoms with Crippen molar-refractivity contribution in [2.24, 2.45) is 0 Å². The van der Waals surface area contributed by atoms with Gasteiger partial charge in [0, 0.05) is 24.8 Å². The highest BCUT2D eigenvalue weighted by molar-refractivity contribution is 5.55. The lowest BCUT2D eigenvalue weighted by atomic mass is 10.1. The van der Waals surface area contributed by atoms with E-state index in [0.29, 0.717) is 0 Å². The summed E-state index contributed by atoms with van der Waals surface area (Å²) >= 11 is 0. The summed E-state index contributed by atoms with van der Waals surface area (Å²) in [6.45, 7) is 3.38. The molecule has 2 aliphatic rings. The van der Waals surface area contributed by atoms with E-state index < -0.39 is 0 Å². The fourth-order valence-electron chi connectivity index (χ4n) is 2.78. The Morgan fingerprint density at radius 1 is 1.44 bits per heavy atom. The molecule has 16 heavy (non-hydrogen) atoms. The van der Waals surface area contributed by atoms with E-state index in [1.165, 1.54) is 30.6 Å². The standard InChI is InChI=1S/C13H18N2O/c1-16-12-4-5-13-10(7-12)9-15-6-2-3-11(15)8-14-13/h4-5,7,11,14H,2-3,6,8-9H2,1H3/t11-/m0/s1. The Balaban J connectivity index is 1.91. The van der Waals surface area contributed by atoms with Gasteiger partial charge in [-0.1, -0.05) is 0 Å². The monoisotopic (exact) mass is 218 g/mol. The molecule has 3 rings (SSSR count). The van der Waals surface area contributed by atoms with Gasteiger partial charge in [0.1, 0.15) is 5.75 Å². The van der Waals surface area contributed by atoms with E-state index in [0.717, 1.165) is 24.9 Å². The van der Waals surface area contributed by atoms with Crippen molar-refractivity contribution in [1.29, 1.82) is 0 Å². The number of ether oxygens (including phenoxy) is 1. The molecule has 86 valence electrons. The van der Waals surface area contributed by atoms with E-state index in [2.05, 4.69) is 22.3 Å². The fourth-order valence-corrected chi connectivity index (χ4v) is 2.78. The second-order valence-electron chi connectivity index (χ2n) is 4.67. The molecule has 1 aromatic carbocycles. The van der Waals surface area contributed by atoms with E-state index in [1.807, 2.05) is 6.07 Å². The van der Waals surface area contributed by atoms with Crippen molar-refractivity contribution in [2.75, 3.05) is 25.5 Å². The van der Waals surface area contributed by atoms with E-state index in [4.69, 9.17) is 4.74 Å². The van der Waals surface area contributed by atoms with Crippen LogP contribution in [0.4, 0.5) is 5.69 Å². The summed E-state index contributed by atoms with van der Waals surface area (Å²) in [5.41, 5.74) is 2.64. The van der Waals surface area contributed by atoms with Crippen molar-refractivity contribution in [3.05, 3.63) is 23.8 Å². The number of anilines is 1. The minimum Gasteiger partial charge on any atom is -0.497 e. The third-order valence-electron chi connectivity index (χ3n) is 3.71. The summed E-state index contributed by atoms with van der Waals surface area (Å²) in [5.74, 6) is 0.957. The van der Waals surface area contributed by atoms with Crippen LogP contribution in [0.15, 0.2) is 18.2 Å². The van der Waals surface area contributed by atoms with Crippen LogP contribution in [0, 0.1) is 0 Å². The molecule has 2 heterocycles. The van der Waals surface area contributed by atoms with Crippen molar-refractivity contribution >= 4 is 5.69 Å². The van der Waals surface area contributed by atoms with Crippen LogP contribution in [0.25, 0.3) is 0 Å². The Hall–Kier alpha value is -1.22. The lowest BCUT2D eigenvalue weighted by Crippen LogP contribution is -2.31. The molecule has 0 amide bonds. The number of rotatable bonds is 1. The molecular weight excluding hydrogens is 200 g/mol. The van der Waals surface area contributed by atoms with Gasteiger partial charge in [0.05, 0.1) is 7.11 Å². The molecule has 1 aromatic rings. The molecule has 1 fully saturated rings. The number of hydrogen-bond donors (Lipinski definition) is 1. The molecule has 0 unspecified atom stereocenters. The SMILES string of the molecule is COc1ccc2c(c1)CN1CCC[C@H]1CN2. The lowest BCUT2D eigenvalue weighted by Gasteiger charge is -2.20. The van der Waals surface area contributed by atoms with E-state index in [-0.39, 0.29) is 0 Å². The Bertz CT molecular complexity index is 392. The van der Waals surface area contributed by atoms with Gasteiger partial charge >= 0.3 is 0 Å². The topological polar surface area (TPSA) is 24.5 Å². The van der Waals surface area contributed by atoms with Gasteiger partial charge in [-0.05, 0) is 43.1 Å². The van der Waals surface area contributed by atoms with Crippen LogP contribution in [-0.4, -0.2) is 31.1 Å². The largest absolute Gasteiger partial charge is 0.497 e. The zero-order valence-corrected chi connectivity index (χ0v) is 9.70. The summed E-state index contributed by atoms with van der Waals surface area (Å²) in [5, 5.41) is 3.55. The van der Waals surface area contributed by atoms with Crippen LogP contribution in [0.3, 0.4) is 0 Å². The average Bonchev–Trinajstić information content (AvgIpc) is 2.68. The second-order valence-corrected chi connectivity index (χ2v) is 4.67. The fraction of sp³-hybridized carbons (Fsp3) is 0.538. The van der Waals surface area contributed by atoms with Crippen LogP contribution < -0.4 is 10.1 Å². The number of methoxy groups -OCH3 is 1. The van der Waals surface area contributed by atoms with Gasteiger partial charge in [-0.15, -0.1) is 0 Å². The van der Waals surface area contributed by atoms with Gasteiger partial charge in [-0.25, -0.2) is 0 Å². The molecule has 3 heteroatoms. The molecule has 0 aromatic heterocycles. The van der Waals surface area contributed by atoms with Crippen LogP contribution in [-0.2, 0) is 6.54 Å². The predicted octanol–water partition coefficient (Wildman–Crippen LogP) is 2.09. The van der Waals surface area contributed by atoms with E-state index >= 15 is 0 Å². The van der Waals surface area contributed by atoms with Gasteiger partial charge < -0.3 is 10.1 Å². The first-order chi connectivity index (χ1) is 7.86. The van der Waals surface area contributed by atoms with Gasteiger partial charge in [0.15, 0.2) is 0 Å². The lowest BCUT2D eigenvalue weighted by molar-refractivity contribution is 0.259. The van der Waals surface area contributed by atoms with E-state index in [1.54, 1.807) is 7.11 Å². The second kappa shape index (κ2) is 3.98. The molecule has 2 aliphatic heterocycles. The molecule has 1 saturated heterocycles. The highest BCUT2D eigenvalue weighted by atomic mass is 16.5. The number of fused-ring (bicyclic) bond motifs is 2. The highest BCUT2D eigenvalue weighted by Crippen LogP contribution is 2.30. The molecule has 0 radical (unpaired) electrons. The van der Waals surface area contributed by atoms with Crippen molar-refractivity contribution in [3.63, 3.8) is 0 Å². The number of benzene rings is 1. The van der Waals surface area contributed by atoms with Crippen LogP contribution in [0.2, 0.25) is 0 Å². The van der Waals surface area contributed by atoms with Crippen molar-refractivity contribution in [2.45, 2.75) is 25.4 Å². The maximum Gasteiger partial charge on any atom is 0.119 e. The Morgan fingerprint density at radius 2 is 2.38 bits per heavy atom. The molecule has 0 bridgehead atoms. The minimum absolute atomic E-state index is 0.721. The third kappa shape index (κ3) is 1.65. The smallest absolute Gasteiger partial charge is 0.119 e. The molecular formula is C13H18N2O. The number of nitrogens with zero attached hydrogens (tertiary/aromatic N) is 1. The molecule has 1 N–H and O–H groups in total. The van der Waals surface area contributed by atoms with Crippen molar-refractivity contribution < 1.29 is 4.74 Å². The molecule has 3 nitrogen and oxygen atoms in total. The molecule has 0 spiro atoms. The quantitative estimate of drug-likeness (QED) is 0.781. The predicted molar refractivity (Wildman–Crippen MR) is 64.9 cm³/mol. The van der Waals surface area contributed by atoms with Crippen LogP contribution in [0.1, 0.15) is 18.4 Å². The Morgan fingerprint density at radius 3 is 3.25 bits per heavy atom. The molecule has 1 atom stereocenters. The van der Waals surface area contributed by atoms with Gasteiger partial charge in [-0.3, -0.25) is 4.90 Å². The minimum atomic E-state index is 0.721.